The minimum atomic E-state index is -0.996. The fourth-order valence-electron chi connectivity index (χ4n) is 0.571. The van der Waals surface area contributed by atoms with E-state index in [2.05, 4.69) is 14.2 Å². The number of carbonyl (C=O) groups is 1. The summed E-state index contributed by atoms with van der Waals surface area (Å²) in [6.45, 7) is 0. The Bertz CT molecular complexity index is 262. The van der Waals surface area contributed by atoms with Gasteiger partial charge in [-0.25, -0.2) is 9.78 Å². The average molecular weight is 155 g/mol. The molecule has 1 atom stereocenters. The van der Waals surface area contributed by atoms with Crippen molar-refractivity contribution in [2.45, 2.75) is 0 Å². The molecular weight excluding hydrogens is 149 g/mol. The highest BCUT2D eigenvalue weighted by Crippen LogP contribution is 1.92. The summed E-state index contributed by atoms with van der Waals surface area (Å²) in [5.41, 5.74) is 0.715. The van der Waals surface area contributed by atoms with Crippen molar-refractivity contribution in [2.75, 3.05) is 0 Å². The Balaban J connectivity index is 3.07. The zero-order valence-corrected chi connectivity index (χ0v) is 6.27. The Morgan fingerprint density at radius 3 is 2.70 bits per heavy atom. The zero-order valence-electron chi connectivity index (χ0n) is 5.11. The number of hydrogen-bond donors (Lipinski definition) is 1. The van der Waals surface area contributed by atoms with Crippen molar-refractivity contribution in [2.24, 2.45) is 0 Å². The summed E-state index contributed by atoms with van der Waals surface area (Å²) in [5, 5.41) is 8.44. The average Bonchev–Trinajstić information content (AvgIpc) is 1.88. The third-order valence-electron chi connectivity index (χ3n) is 0.990. The highest BCUT2D eigenvalue weighted by Gasteiger charge is 2.01. The van der Waals surface area contributed by atoms with Crippen molar-refractivity contribution in [1.82, 2.24) is 4.98 Å². The molecule has 3 nitrogen and oxygen atoms in total. The van der Waals surface area contributed by atoms with Gasteiger partial charge in [0.05, 0.1) is 5.44 Å². The van der Waals surface area contributed by atoms with E-state index in [4.69, 9.17) is 5.11 Å². The second-order valence-corrected chi connectivity index (χ2v) is 2.34. The first-order chi connectivity index (χ1) is 4.70. The van der Waals surface area contributed by atoms with Gasteiger partial charge in [-0.15, -0.1) is 0 Å². The molecule has 1 rings (SSSR count). The van der Waals surface area contributed by atoms with E-state index in [9.17, 15) is 4.79 Å². The number of aromatic nitrogens is 1. The number of nitrogens with zero attached hydrogens (tertiary/aromatic N) is 1. The van der Waals surface area contributed by atoms with Gasteiger partial charge in [0.2, 0.25) is 0 Å². The van der Waals surface area contributed by atoms with Crippen molar-refractivity contribution >= 4 is 20.6 Å². The molecule has 0 saturated heterocycles. The van der Waals surface area contributed by atoms with E-state index in [1.807, 2.05) is 0 Å². The Labute approximate surface area is 60.3 Å². The maximum atomic E-state index is 10.3. The normalized spacial score (nSPS) is 9.30. The molecule has 1 aromatic heterocycles. The summed E-state index contributed by atoms with van der Waals surface area (Å²) in [6.07, 6.45) is 0. The predicted molar refractivity (Wildman–Crippen MR) is 40.5 cm³/mol. The molecule has 4 heteroatoms. The van der Waals surface area contributed by atoms with E-state index < -0.39 is 5.97 Å². The van der Waals surface area contributed by atoms with Gasteiger partial charge in [-0.1, -0.05) is 15.3 Å². The summed E-state index contributed by atoms with van der Waals surface area (Å²) in [7, 11) is 2.33. The lowest BCUT2D eigenvalue weighted by molar-refractivity contribution is 0.0691. The smallest absolute Gasteiger partial charge is 0.354 e. The van der Waals surface area contributed by atoms with E-state index in [1.54, 1.807) is 12.1 Å². The first-order valence-electron chi connectivity index (χ1n) is 2.66. The molecule has 0 bridgehead atoms. The lowest BCUT2D eigenvalue weighted by Crippen LogP contribution is -2.06. The molecule has 0 aliphatic heterocycles. The van der Waals surface area contributed by atoms with Crippen molar-refractivity contribution in [1.29, 1.82) is 0 Å². The largest absolute Gasteiger partial charge is 0.477 e. The molecule has 0 spiro atoms. The van der Waals surface area contributed by atoms with Gasteiger partial charge in [-0.2, -0.15) is 0 Å². The Kier molecular flexibility index (Phi) is 1.97. The number of aromatic carboxylic acids is 1. The molecule has 1 aromatic rings. The highest BCUT2D eigenvalue weighted by atomic mass is 31.0. The van der Waals surface area contributed by atoms with Gasteiger partial charge in [0.1, 0.15) is 5.69 Å². The zero-order chi connectivity index (χ0) is 7.56. The van der Waals surface area contributed by atoms with Crippen LogP contribution in [0.5, 0.6) is 0 Å². The minimum Gasteiger partial charge on any atom is -0.477 e. The molecule has 10 heavy (non-hydrogen) atoms. The second-order valence-electron chi connectivity index (χ2n) is 1.75. The van der Waals surface area contributed by atoms with Gasteiger partial charge in [-0.3, -0.25) is 0 Å². The quantitative estimate of drug-likeness (QED) is 0.592. The molecular formula is C6H6NO2P. The summed E-state index contributed by atoms with van der Waals surface area (Å²) >= 11 is 0. The first kappa shape index (κ1) is 7.16. The minimum absolute atomic E-state index is 0.0764. The van der Waals surface area contributed by atoms with Crippen LogP contribution in [0.3, 0.4) is 0 Å². The standard InChI is InChI=1S/C6H6NO2P/c8-6(9)4-2-1-3-5(10)7-4/h1-3H,10H2,(H,8,9). The van der Waals surface area contributed by atoms with Gasteiger partial charge < -0.3 is 5.11 Å². The van der Waals surface area contributed by atoms with Crippen LogP contribution in [0.25, 0.3) is 0 Å². The maximum absolute atomic E-state index is 10.3. The Hall–Kier alpha value is -0.950. The fraction of sp³-hybridized carbons (Fsp3) is 0. The van der Waals surface area contributed by atoms with Gasteiger partial charge in [0.15, 0.2) is 0 Å². The Morgan fingerprint density at radius 1 is 1.60 bits per heavy atom. The van der Waals surface area contributed by atoms with Crippen LogP contribution in [0.1, 0.15) is 10.5 Å². The molecule has 0 aromatic carbocycles. The first-order valence-corrected chi connectivity index (χ1v) is 3.23. The summed E-state index contributed by atoms with van der Waals surface area (Å²) in [4.78, 5) is 14.0. The molecule has 0 amide bonds. The van der Waals surface area contributed by atoms with E-state index >= 15 is 0 Å². The summed E-state index contributed by atoms with van der Waals surface area (Å²) in [6, 6.07) is 4.83. The number of rotatable bonds is 1. The van der Waals surface area contributed by atoms with Crippen LogP contribution in [0.2, 0.25) is 0 Å². The van der Waals surface area contributed by atoms with Crippen molar-refractivity contribution < 1.29 is 9.90 Å². The van der Waals surface area contributed by atoms with Crippen LogP contribution >= 0.6 is 9.24 Å². The van der Waals surface area contributed by atoms with Crippen LogP contribution in [-0.4, -0.2) is 16.1 Å². The van der Waals surface area contributed by atoms with E-state index in [1.165, 1.54) is 6.07 Å². The molecule has 1 heterocycles. The molecule has 0 aliphatic carbocycles. The van der Waals surface area contributed by atoms with Crippen LogP contribution in [0.15, 0.2) is 18.2 Å². The maximum Gasteiger partial charge on any atom is 0.354 e. The number of carboxylic acids is 1. The van der Waals surface area contributed by atoms with E-state index in [0.717, 1.165) is 0 Å². The lowest BCUT2D eigenvalue weighted by atomic mass is 10.4. The van der Waals surface area contributed by atoms with Crippen LogP contribution in [0, 0.1) is 0 Å². The monoisotopic (exact) mass is 155 g/mol. The number of carboxylic acid groups (broad SMARTS) is 1. The van der Waals surface area contributed by atoms with E-state index in [-0.39, 0.29) is 5.69 Å². The van der Waals surface area contributed by atoms with Gasteiger partial charge in [-0.05, 0) is 12.1 Å². The van der Waals surface area contributed by atoms with Crippen LogP contribution in [-0.2, 0) is 0 Å². The van der Waals surface area contributed by atoms with E-state index in [0.29, 0.717) is 5.44 Å². The number of pyridine rings is 1. The Morgan fingerprint density at radius 2 is 2.30 bits per heavy atom. The third kappa shape index (κ3) is 1.52. The molecule has 0 fully saturated rings. The highest BCUT2D eigenvalue weighted by molar-refractivity contribution is 7.26. The fourth-order valence-corrected chi connectivity index (χ4v) is 0.821. The molecule has 1 unspecified atom stereocenters. The third-order valence-corrected chi connectivity index (χ3v) is 1.31. The molecule has 0 radical (unpaired) electrons. The molecule has 0 aliphatic rings. The second kappa shape index (κ2) is 2.76. The number of hydrogen-bond acceptors (Lipinski definition) is 2. The summed E-state index contributed by atoms with van der Waals surface area (Å²) in [5.74, 6) is -0.996. The summed E-state index contributed by atoms with van der Waals surface area (Å²) < 4.78 is 0. The van der Waals surface area contributed by atoms with Gasteiger partial charge >= 0.3 is 5.97 Å². The van der Waals surface area contributed by atoms with Crippen molar-refractivity contribution in [3.8, 4) is 0 Å². The van der Waals surface area contributed by atoms with Gasteiger partial charge in [0, 0.05) is 0 Å². The van der Waals surface area contributed by atoms with Crippen molar-refractivity contribution in [3.05, 3.63) is 23.9 Å². The van der Waals surface area contributed by atoms with Crippen LogP contribution < -0.4 is 5.44 Å². The van der Waals surface area contributed by atoms with Crippen molar-refractivity contribution in [3.63, 3.8) is 0 Å². The van der Waals surface area contributed by atoms with Gasteiger partial charge in [0.25, 0.3) is 0 Å². The lowest BCUT2D eigenvalue weighted by Gasteiger charge is -1.92. The SMILES string of the molecule is O=C(O)c1cccc(P)n1. The molecule has 0 saturated carbocycles. The topological polar surface area (TPSA) is 50.2 Å². The van der Waals surface area contributed by atoms with Crippen LogP contribution in [0.4, 0.5) is 0 Å². The predicted octanol–water partition coefficient (Wildman–Crippen LogP) is 0.280. The molecule has 52 valence electrons. The molecule has 1 N–H and O–H groups in total.